The molecule has 0 heterocycles. The maximum Gasteiger partial charge on any atom is 0.341 e. The maximum atomic E-state index is 11.9. The highest BCUT2D eigenvalue weighted by Gasteiger charge is 2.20. The third-order valence-electron chi connectivity index (χ3n) is 4.06. The fourth-order valence-electron chi connectivity index (χ4n) is 2.67. The average Bonchev–Trinajstić information content (AvgIpc) is 2.48. The molecule has 0 atom stereocenters. The van der Waals surface area contributed by atoms with Crippen LogP contribution < -0.4 is 0 Å². The number of esters is 2. The lowest BCUT2D eigenvalue weighted by molar-refractivity contribution is -0.154. The van der Waals surface area contributed by atoms with Gasteiger partial charge in [0.2, 0.25) is 0 Å². The normalized spacial score (nSPS) is 16.6. The van der Waals surface area contributed by atoms with E-state index in [1.807, 2.05) is 6.08 Å². The number of carbonyl (C=O) groups excluding carboxylic acids is 2. The number of allylic oxidation sites excluding steroid dienone is 1. The number of rotatable bonds is 7. The smallest absolute Gasteiger partial charge is 0.341 e. The molecule has 0 unspecified atom stereocenters. The molecule has 1 saturated carbocycles. The van der Waals surface area contributed by atoms with E-state index < -0.39 is 11.9 Å². The molecule has 118 valence electrons. The summed E-state index contributed by atoms with van der Waals surface area (Å²) in [5, 5.41) is 0. The van der Waals surface area contributed by atoms with E-state index in [0.29, 0.717) is 23.5 Å². The molecule has 1 rings (SSSR count). The summed E-state index contributed by atoms with van der Waals surface area (Å²) in [6.45, 7) is 7.58. The Morgan fingerprint density at radius 2 is 1.86 bits per heavy atom. The van der Waals surface area contributed by atoms with E-state index in [2.05, 4.69) is 13.5 Å². The second-order valence-electron chi connectivity index (χ2n) is 6.02. The van der Waals surface area contributed by atoms with E-state index in [0.717, 1.165) is 32.1 Å². The van der Waals surface area contributed by atoms with Crippen LogP contribution in [0.1, 0.15) is 71.6 Å². The second kappa shape index (κ2) is 9.54. The van der Waals surface area contributed by atoms with Gasteiger partial charge >= 0.3 is 11.9 Å². The van der Waals surface area contributed by atoms with Crippen LogP contribution in [0.25, 0.3) is 0 Å². The molecular formula is C18H28O3. The molecule has 21 heavy (non-hydrogen) atoms. The van der Waals surface area contributed by atoms with Crippen LogP contribution in [0, 0.1) is 5.92 Å². The van der Waals surface area contributed by atoms with Gasteiger partial charge in [0.05, 0.1) is 0 Å². The SMILES string of the molecule is C=C(CC1CCCCC1)C(=O)OC(=O)C(C)=CCCCC. The number of ether oxygens (including phenoxy) is 1. The van der Waals surface area contributed by atoms with E-state index in [-0.39, 0.29) is 0 Å². The largest absolute Gasteiger partial charge is 0.386 e. The lowest BCUT2D eigenvalue weighted by atomic mass is 9.85. The van der Waals surface area contributed by atoms with Crippen molar-refractivity contribution in [1.82, 2.24) is 0 Å². The van der Waals surface area contributed by atoms with E-state index in [1.165, 1.54) is 19.3 Å². The molecular weight excluding hydrogens is 264 g/mol. The highest BCUT2D eigenvalue weighted by molar-refractivity contribution is 6.01. The van der Waals surface area contributed by atoms with Gasteiger partial charge in [-0.05, 0) is 25.7 Å². The van der Waals surface area contributed by atoms with Crippen LogP contribution in [0.2, 0.25) is 0 Å². The van der Waals surface area contributed by atoms with Gasteiger partial charge in [0, 0.05) is 11.1 Å². The summed E-state index contributed by atoms with van der Waals surface area (Å²) in [6, 6.07) is 0. The van der Waals surface area contributed by atoms with Gasteiger partial charge in [0.25, 0.3) is 0 Å². The molecule has 0 aromatic carbocycles. The molecule has 0 amide bonds. The highest BCUT2D eigenvalue weighted by atomic mass is 16.6. The summed E-state index contributed by atoms with van der Waals surface area (Å²) in [6.07, 6.45) is 11.5. The van der Waals surface area contributed by atoms with Gasteiger partial charge in [0.15, 0.2) is 0 Å². The third-order valence-corrected chi connectivity index (χ3v) is 4.06. The van der Waals surface area contributed by atoms with Crippen molar-refractivity contribution in [1.29, 1.82) is 0 Å². The van der Waals surface area contributed by atoms with E-state index in [4.69, 9.17) is 4.74 Å². The summed E-state index contributed by atoms with van der Waals surface area (Å²) in [5.41, 5.74) is 0.930. The molecule has 0 N–H and O–H groups in total. The Bertz CT molecular complexity index is 401. The predicted molar refractivity (Wildman–Crippen MR) is 84.7 cm³/mol. The fourth-order valence-corrected chi connectivity index (χ4v) is 2.67. The molecule has 3 heteroatoms. The Morgan fingerprint density at radius 3 is 2.48 bits per heavy atom. The third kappa shape index (κ3) is 6.74. The van der Waals surface area contributed by atoms with Crippen molar-refractivity contribution in [2.45, 2.75) is 71.6 Å². The van der Waals surface area contributed by atoms with Crippen molar-refractivity contribution >= 4 is 11.9 Å². The average molecular weight is 292 g/mol. The first-order valence-electron chi connectivity index (χ1n) is 8.15. The van der Waals surface area contributed by atoms with Crippen LogP contribution in [0.4, 0.5) is 0 Å². The van der Waals surface area contributed by atoms with Crippen LogP contribution in [0.3, 0.4) is 0 Å². The van der Waals surface area contributed by atoms with Crippen LogP contribution in [-0.4, -0.2) is 11.9 Å². The summed E-state index contributed by atoms with van der Waals surface area (Å²) in [7, 11) is 0. The maximum absolute atomic E-state index is 11.9. The first-order valence-corrected chi connectivity index (χ1v) is 8.15. The Balaban J connectivity index is 2.38. The molecule has 0 spiro atoms. The molecule has 0 aromatic heterocycles. The number of hydrogen-bond acceptors (Lipinski definition) is 3. The monoisotopic (exact) mass is 292 g/mol. The Morgan fingerprint density at radius 1 is 1.19 bits per heavy atom. The van der Waals surface area contributed by atoms with E-state index in [1.54, 1.807) is 6.92 Å². The van der Waals surface area contributed by atoms with Crippen LogP contribution in [0.15, 0.2) is 23.8 Å². The standard InChI is InChI=1S/C18H28O3/c1-4-5-7-10-14(2)17(19)21-18(20)15(3)13-16-11-8-6-9-12-16/h10,16H,3-9,11-13H2,1-2H3. The van der Waals surface area contributed by atoms with Crippen LogP contribution in [0.5, 0.6) is 0 Å². The molecule has 0 bridgehead atoms. The van der Waals surface area contributed by atoms with Gasteiger partial charge in [-0.25, -0.2) is 9.59 Å². The molecule has 0 radical (unpaired) electrons. The van der Waals surface area contributed by atoms with Crippen LogP contribution >= 0.6 is 0 Å². The van der Waals surface area contributed by atoms with Gasteiger partial charge < -0.3 is 4.74 Å². The van der Waals surface area contributed by atoms with Crippen molar-refractivity contribution in [2.75, 3.05) is 0 Å². The number of carbonyl (C=O) groups is 2. The molecule has 1 fully saturated rings. The molecule has 0 aliphatic heterocycles. The van der Waals surface area contributed by atoms with Gasteiger partial charge in [-0.1, -0.05) is 64.5 Å². The summed E-state index contributed by atoms with van der Waals surface area (Å²) >= 11 is 0. The quantitative estimate of drug-likeness (QED) is 0.295. The first kappa shape index (κ1) is 17.7. The lowest BCUT2D eigenvalue weighted by Gasteiger charge is -2.21. The molecule has 3 nitrogen and oxygen atoms in total. The Hall–Kier alpha value is -1.38. The van der Waals surface area contributed by atoms with Gasteiger partial charge in [0.1, 0.15) is 0 Å². The first-order chi connectivity index (χ1) is 10.0. The van der Waals surface area contributed by atoms with Crippen LogP contribution in [-0.2, 0) is 14.3 Å². The summed E-state index contributed by atoms with van der Waals surface area (Å²) in [5.74, 6) is -0.579. The molecule has 0 aromatic rings. The molecule has 1 aliphatic carbocycles. The highest BCUT2D eigenvalue weighted by Crippen LogP contribution is 2.28. The van der Waals surface area contributed by atoms with Crippen molar-refractivity contribution in [3.63, 3.8) is 0 Å². The Labute approximate surface area is 128 Å². The van der Waals surface area contributed by atoms with Crippen molar-refractivity contribution in [3.05, 3.63) is 23.8 Å². The van der Waals surface area contributed by atoms with Gasteiger partial charge in [-0.15, -0.1) is 0 Å². The minimum atomic E-state index is -0.561. The Kier molecular flexibility index (Phi) is 8.03. The number of unbranched alkanes of at least 4 members (excludes halogenated alkanes) is 2. The topological polar surface area (TPSA) is 43.4 Å². The number of hydrogen-bond donors (Lipinski definition) is 0. The van der Waals surface area contributed by atoms with Crippen molar-refractivity contribution in [3.8, 4) is 0 Å². The summed E-state index contributed by atoms with van der Waals surface area (Å²) < 4.78 is 4.90. The zero-order chi connectivity index (χ0) is 15.7. The van der Waals surface area contributed by atoms with E-state index in [9.17, 15) is 9.59 Å². The van der Waals surface area contributed by atoms with Crippen molar-refractivity contribution in [2.24, 2.45) is 5.92 Å². The predicted octanol–water partition coefficient (Wildman–Crippen LogP) is 4.72. The summed E-state index contributed by atoms with van der Waals surface area (Å²) in [4.78, 5) is 23.7. The van der Waals surface area contributed by atoms with Gasteiger partial charge in [-0.2, -0.15) is 0 Å². The minimum absolute atomic E-state index is 0.427. The van der Waals surface area contributed by atoms with Gasteiger partial charge in [-0.3, -0.25) is 0 Å². The zero-order valence-electron chi connectivity index (χ0n) is 13.5. The molecule has 1 aliphatic rings. The fraction of sp³-hybridized carbons (Fsp3) is 0.667. The second-order valence-corrected chi connectivity index (χ2v) is 6.02. The minimum Gasteiger partial charge on any atom is -0.386 e. The zero-order valence-corrected chi connectivity index (χ0v) is 13.5. The van der Waals surface area contributed by atoms with E-state index >= 15 is 0 Å². The van der Waals surface area contributed by atoms with Crippen molar-refractivity contribution < 1.29 is 14.3 Å². The lowest BCUT2D eigenvalue weighted by Crippen LogP contribution is -2.17. The molecule has 0 saturated heterocycles.